The number of benzene rings is 2. The minimum atomic E-state index is -3.72. The third kappa shape index (κ3) is 4.02. The zero-order chi connectivity index (χ0) is 23.2. The van der Waals surface area contributed by atoms with Gasteiger partial charge in [0.25, 0.3) is 5.91 Å². The molecule has 32 heavy (non-hydrogen) atoms. The summed E-state index contributed by atoms with van der Waals surface area (Å²) in [4.78, 5) is 13.0. The van der Waals surface area contributed by atoms with Crippen LogP contribution >= 0.6 is 11.6 Å². The Morgan fingerprint density at radius 1 is 1.19 bits per heavy atom. The van der Waals surface area contributed by atoms with E-state index in [9.17, 15) is 13.6 Å². The summed E-state index contributed by atoms with van der Waals surface area (Å²) in [6, 6.07) is 8.07. The normalized spacial score (nSPS) is 14.1. The van der Waals surface area contributed by atoms with Gasteiger partial charge in [0.15, 0.2) is 17.3 Å². The number of alkyl halides is 2. The largest absolute Gasteiger partial charge is 0.586 e. The monoisotopic (exact) mass is 462 g/mol. The molecule has 3 aromatic rings. The summed E-state index contributed by atoms with van der Waals surface area (Å²) >= 11 is 6.32. The van der Waals surface area contributed by atoms with Crippen LogP contribution < -0.4 is 14.8 Å². The molecule has 0 radical (unpaired) electrons. The van der Waals surface area contributed by atoms with Gasteiger partial charge in [0.2, 0.25) is 0 Å². The Hall–Kier alpha value is -3.13. The van der Waals surface area contributed by atoms with Crippen molar-refractivity contribution in [2.75, 3.05) is 5.32 Å². The molecular formula is C23H21ClF2N2O4. The van der Waals surface area contributed by atoms with Crippen molar-refractivity contribution >= 4 is 23.2 Å². The molecule has 1 aliphatic rings. The highest BCUT2D eigenvalue weighted by molar-refractivity contribution is 6.33. The first-order valence-electron chi connectivity index (χ1n) is 10.1. The van der Waals surface area contributed by atoms with Crippen LogP contribution in [0.25, 0.3) is 11.1 Å². The minimum Gasteiger partial charge on any atom is -0.395 e. The fourth-order valence-corrected chi connectivity index (χ4v) is 3.87. The number of nitrogens with one attached hydrogen (secondary N) is 1. The van der Waals surface area contributed by atoms with Crippen LogP contribution in [0, 0.1) is 6.92 Å². The zero-order valence-electron chi connectivity index (χ0n) is 17.9. The fraction of sp³-hybridized carbons (Fsp3) is 0.304. The number of hydrogen-bond donors (Lipinski definition) is 1. The van der Waals surface area contributed by atoms with E-state index in [0.29, 0.717) is 40.3 Å². The minimum absolute atomic E-state index is 0.00509. The average molecular weight is 463 g/mol. The van der Waals surface area contributed by atoms with Crippen molar-refractivity contribution in [3.8, 4) is 22.6 Å². The lowest BCUT2D eigenvalue weighted by molar-refractivity contribution is -0.286. The molecular weight excluding hydrogens is 442 g/mol. The molecule has 1 aliphatic heterocycles. The van der Waals surface area contributed by atoms with Crippen LogP contribution in [0.3, 0.4) is 0 Å². The highest BCUT2D eigenvalue weighted by atomic mass is 35.5. The number of rotatable bonds is 5. The van der Waals surface area contributed by atoms with Crippen molar-refractivity contribution in [2.24, 2.45) is 0 Å². The van der Waals surface area contributed by atoms with Gasteiger partial charge in [-0.15, -0.1) is 8.78 Å². The molecule has 168 valence electrons. The molecule has 0 bridgehead atoms. The first kappa shape index (κ1) is 22.1. The molecule has 4 rings (SSSR count). The highest BCUT2D eigenvalue weighted by Crippen LogP contribution is 2.46. The first-order valence-corrected chi connectivity index (χ1v) is 10.5. The van der Waals surface area contributed by atoms with E-state index < -0.39 is 6.29 Å². The quantitative estimate of drug-likeness (QED) is 0.464. The molecule has 1 aromatic heterocycles. The van der Waals surface area contributed by atoms with E-state index in [2.05, 4.69) is 19.9 Å². The third-order valence-electron chi connectivity index (χ3n) is 5.18. The Kier molecular flexibility index (Phi) is 5.58. The molecule has 0 spiro atoms. The lowest BCUT2D eigenvalue weighted by Crippen LogP contribution is -2.25. The molecule has 0 fully saturated rings. The third-order valence-corrected chi connectivity index (χ3v) is 5.49. The topological polar surface area (TPSA) is 73.6 Å². The molecule has 2 aromatic carbocycles. The van der Waals surface area contributed by atoms with Gasteiger partial charge in [0.1, 0.15) is 5.56 Å². The second kappa shape index (κ2) is 8.09. The van der Waals surface area contributed by atoms with Gasteiger partial charge in [-0.1, -0.05) is 43.6 Å². The van der Waals surface area contributed by atoms with Gasteiger partial charge in [-0.25, -0.2) is 0 Å². The van der Waals surface area contributed by atoms with E-state index in [0.717, 1.165) is 5.56 Å². The molecule has 0 aliphatic carbocycles. The summed E-state index contributed by atoms with van der Waals surface area (Å²) in [5.41, 5.74) is 3.61. The van der Waals surface area contributed by atoms with Crippen LogP contribution in [0.2, 0.25) is 5.02 Å². The number of ether oxygens (including phenoxy) is 2. The maximum atomic E-state index is 13.4. The maximum absolute atomic E-state index is 13.4. The van der Waals surface area contributed by atoms with Gasteiger partial charge in [0, 0.05) is 23.2 Å². The van der Waals surface area contributed by atoms with Gasteiger partial charge in [-0.2, -0.15) is 0 Å². The van der Waals surface area contributed by atoms with Crippen LogP contribution in [0.4, 0.5) is 14.5 Å². The lowest BCUT2D eigenvalue weighted by Gasteiger charge is -2.14. The summed E-state index contributed by atoms with van der Waals surface area (Å²) in [6.45, 7) is 7.52. The number of carbonyl (C=O) groups excluding carboxylic acids is 1. The smallest absolute Gasteiger partial charge is 0.395 e. The average Bonchev–Trinajstić information content (AvgIpc) is 3.25. The molecule has 1 amide bonds. The van der Waals surface area contributed by atoms with Gasteiger partial charge in [0.05, 0.1) is 10.7 Å². The van der Waals surface area contributed by atoms with Crippen LogP contribution in [-0.4, -0.2) is 17.4 Å². The van der Waals surface area contributed by atoms with Gasteiger partial charge in [-0.05, 0) is 42.7 Å². The number of aromatic nitrogens is 1. The number of fused-ring (bicyclic) bond motifs is 1. The predicted molar refractivity (Wildman–Crippen MR) is 116 cm³/mol. The van der Waals surface area contributed by atoms with E-state index in [1.54, 1.807) is 19.1 Å². The number of hydrogen-bond acceptors (Lipinski definition) is 5. The van der Waals surface area contributed by atoms with Crippen LogP contribution in [-0.2, 0) is 6.42 Å². The molecule has 0 atom stereocenters. The zero-order valence-corrected chi connectivity index (χ0v) is 18.6. The summed E-state index contributed by atoms with van der Waals surface area (Å²) in [5, 5.41) is 7.09. The molecule has 0 unspecified atom stereocenters. The van der Waals surface area contributed by atoms with Crippen molar-refractivity contribution in [3.63, 3.8) is 0 Å². The lowest BCUT2D eigenvalue weighted by atomic mass is 9.99. The highest BCUT2D eigenvalue weighted by Gasteiger charge is 2.43. The van der Waals surface area contributed by atoms with E-state index in [1.807, 2.05) is 26.8 Å². The van der Waals surface area contributed by atoms with Gasteiger partial charge >= 0.3 is 6.29 Å². The molecule has 0 saturated carbocycles. The fourth-order valence-electron chi connectivity index (χ4n) is 3.61. The number of aryl methyl sites for hydroxylation is 2. The number of halogens is 3. The van der Waals surface area contributed by atoms with Crippen LogP contribution in [0.5, 0.6) is 11.5 Å². The van der Waals surface area contributed by atoms with Crippen LogP contribution in [0.15, 0.2) is 34.9 Å². The van der Waals surface area contributed by atoms with E-state index in [4.69, 9.17) is 16.1 Å². The van der Waals surface area contributed by atoms with Gasteiger partial charge in [-0.3, -0.25) is 4.79 Å². The first-order chi connectivity index (χ1) is 15.1. The second-order valence-electron chi connectivity index (χ2n) is 7.79. The summed E-state index contributed by atoms with van der Waals surface area (Å²) in [5.74, 6) is 0.0183. The van der Waals surface area contributed by atoms with E-state index in [1.165, 1.54) is 12.1 Å². The molecule has 9 heteroatoms. The maximum Gasteiger partial charge on any atom is 0.586 e. The Bertz CT molecular complexity index is 1210. The van der Waals surface area contributed by atoms with Crippen molar-refractivity contribution in [2.45, 2.75) is 46.3 Å². The van der Waals surface area contributed by atoms with E-state index in [-0.39, 0.29) is 28.3 Å². The Labute approximate surface area is 188 Å². The summed E-state index contributed by atoms with van der Waals surface area (Å²) < 4.78 is 41.1. The Morgan fingerprint density at radius 2 is 1.88 bits per heavy atom. The van der Waals surface area contributed by atoms with Crippen molar-refractivity contribution in [1.82, 2.24) is 5.16 Å². The number of anilines is 1. The van der Waals surface area contributed by atoms with E-state index >= 15 is 0 Å². The summed E-state index contributed by atoms with van der Waals surface area (Å²) in [7, 11) is 0. The SMILES string of the molecule is CCc1cc(-c2cc3c(cc2Cl)OC(F)(F)O3)ccc1NC(=O)c1c(C)noc1C(C)C. The number of nitrogens with zero attached hydrogens (tertiary/aromatic N) is 1. The number of carbonyl (C=O) groups is 1. The molecule has 1 N–H and O–H groups in total. The van der Waals surface area contributed by atoms with Crippen molar-refractivity contribution < 1.29 is 27.6 Å². The molecule has 6 nitrogen and oxygen atoms in total. The predicted octanol–water partition coefficient (Wildman–Crippen LogP) is 6.56. The van der Waals surface area contributed by atoms with Crippen molar-refractivity contribution in [1.29, 1.82) is 0 Å². The molecule has 0 saturated heterocycles. The molecule has 2 heterocycles. The van der Waals surface area contributed by atoms with Crippen LogP contribution in [0.1, 0.15) is 54.1 Å². The number of amides is 1. The van der Waals surface area contributed by atoms with Gasteiger partial charge < -0.3 is 19.3 Å². The standard InChI is InChI=1S/C23H21ClF2N2O4/c1-5-13-8-14(15-9-18-19(10-16(15)24)31-23(25,26)30-18)6-7-17(13)27-22(29)20-12(4)28-32-21(20)11(2)3/h6-11H,5H2,1-4H3,(H,27,29). The Balaban J connectivity index is 1.65. The Morgan fingerprint density at radius 3 is 2.53 bits per heavy atom. The second-order valence-corrected chi connectivity index (χ2v) is 8.20. The van der Waals surface area contributed by atoms with Crippen molar-refractivity contribution in [3.05, 3.63) is 57.9 Å². The summed E-state index contributed by atoms with van der Waals surface area (Å²) in [6.07, 6.45) is -3.11.